The molecule has 0 bridgehead atoms. The first-order chi connectivity index (χ1) is 9.50. The van der Waals surface area contributed by atoms with E-state index in [2.05, 4.69) is 36.6 Å². The van der Waals surface area contributed by atoms with Gasteiger partial charge >= 0.3 is 6.18 Å². The Hall–Kier alpha value is -0.0300. The van der Waals surface area contributed by atoms with Gasteiger partial charge in [-0.25, -0.2) is 8.42 Å². The largest absolute Gasteiger partial charge is 0.489 e. The Balaban J connectivity index is 2.65. The van der Waals surface area contributed by atoms with E-state index < -0.39 is 21.8 Å². The van der Waals surface area contributed by atoms with Crippen LogP contribution in [-0.4, -0.2) is 34.4 Å². The van der Waals surface area contributed by atoms with E-state index in [4.69, 9.17) is 15.4 Å². The zero-order valence-electron chi connectivity index (χ0n) is 10.1. The van der Waals surface area contributed by atoms with Crippen LogP contribution in [0.4, 0.5) is 13.2 Å². The van der Waals surface area contributed by atoms with E-state index in [9.17, 15) is 21.6 Å². The van der Waals surface area contributed by atoms with Gasteiger partial charge in [0.05, 0.1) is 20.4 Å². The molecule has 120 valence electrons. The second kappa shape index (κ2) is 7.49. The summed E-state index contributed by atoms with van der Waals surface area (Å²) in [7, 11) is 1.30. The number of hydrogen-bond donors (Lipinski definition) is 0. The Morgan fingerprint density at radius 1 is 1.14 bits per heavy atom. The van der Waals surface area contributed by atoms with Gasteiger partial charge < -0.3 is 9.47 Å². The van der Waals surface area contributed by atoms with Gasteiger partial charge in [-0.05, 0) is 44.0 Å². The van der Waals surface area contributed by atoms with E-state index in [-0.39, 0.29) is 32.8 Å². The Morgan fingerprint density at radius 2 is 1.67 bits per heavy atom. The highest BCUT2D eigenvalue weighted by Gasteiger charge is 2.27. The quantitative estimate of drug-likeness (QED) is 0.458. The molecular formula is C10H8Br2ClF3O4S. The summed E-state index contributed by atoms with van der Waals surface area (Å²) in [5.41, 5.74) is 0. The SMILES string of the molecule is O=S(=O)(Cl)c1cc(Br)c(OCCOCC(F)(F)F)c(Br)c1. The standard InChI is InChI=1S/C10H8Br2ClF3O4S/c11-7-3-6(21(13,17)18)4-8(12)9(7)20-2-1-19-5-10(14,15)16/h3-4H,1-2,5H2. The number of halogens is 6. The molecule has 0 aliphatic heterocycles. The highest BCUT2D eigenvalue weighted by atomic mass is 79.9. The first-order valence-electron chi connectivity index (χ1n) is 5.22. The highest BCUT2D eigenvalue weighted by molar-refractivity contribution is 9.11. The van der Waals surface area contributed by atoms with Crippen LogP contribution in [0.3, 0.4) is 0 Å². The predicted octanol–water partition coefficient (Wildman–Crippen LogP) is 4.10. The summed E-state index contributed by atoms with van der Waals surface area (Å²) in [6.07, 6.45) is -4.39. The second-order valence-electron chi connectivity index (χ2n) is 3.67. The maximum atomic E-state index is 11.8. The molecule has 0 saturated carbocycles. The number of ether oxygens (including phenoxy) is 2. The minimum Gasteiger partial charge on any atom is -0.489 e. The lowest BCUT2D eigenvalue weighted by molar-refractivity contribution is -0.175. The van der Waals surface area contributed by atoms with E-state index >= 15 is 0 Å². The Morgan fingerprint density at radius 3 is 2.10 bits per heavy atom. The van der Waals surface area contributed by atoms with Crippen LogP contribution in [0.25, 0.3) is 0 Å². The minimum atomic E-state index is -4.39. The van der Waals surface area contributed by atoms with Crippen molar-refractivity contribution in [3.05, 3.63) is 21.1 Å². The van der Waals surface area contributed by atoms with Gasteiger partial charge in [-0.1, -0.05) is 0 Å². The van der Waals surface area contributed by atoms with Crippen LogP contribution in [-0.2, 0) is 13.8 Å². The lowest BCUT2D eigenvalue weighted by Gasteiger charge is -2.12. The van der Waals surface area contributed by atoms with Gasteiger partial charge in [0.1, 0.15) is 19.0 Å². The summed E-state index contributed by atoms with van der Waals surface area (Å²) in [6, 6.07) is 2.44. The minimum absolute atomic E-state index is 0.139. The van der Waals surface area contributed by atoms with Crippen molar-refractivity contribution in [2.45, 2.75) is 11.1 Å². The third-order valence-corrected chi connectivity index (χ3v) is 4.50. The molecule has 1 aromatic carbocycles. The van der Waals surface area contributed by atoms with Crippen molar-refractivity contribution in [3.63, 3.8) is 0 Å². The second-order valence-corrected chi connectivity index (χ2v) is 7.94. The van der Waals surface area contributed by atoms with Crippen molar-refractivity contribution in [3.8, 4) is 5.75 Å². The van der Waals surface area contributed by atoms with E-state index in [1.165, 1.54) is 12.1 Å². The average Bonchev–Trinajstić information content (AvgIpc) is 2.28. The number of benzene rings is 1. The zero-order chi connectivity index (χ0) is 16.3. The van der Waals surface area contributed by atoms with E-state index in [0.717, 1.165) is 0 Å². The molecule has 21 heavy (non-hydrogen) atoms. The molecule has 0 unspecified atom stereocenters. The van der Waals surface area contributed by atoms with Gasteiger partial charge in [0.25, 0.3) is 9.05 Å². The Labute approximate surface area is 140 Å². The summed E-state index contributed by atoms with van der Waals surface area (Å²) in [5.74, 6) is 0.231. The fourth-order valence-corrected chi connectivity index (χ4v) is 3.71. The summed E-state index contributed by atoms with van der Waals surface area (Å²) in [4.78, 5) is -0.149. The number of hydrogen-bond acceptors (Lipinski definition) is 4. The molecule has 0 atom stereocenters. The molecule has 0 N–H and O–H groups in total. The summed E-state index contributed by atoms with van der Waals surface area (Å²) >= 11 is 6.18. The van der Waals surface area contributed by atoms with Crippen LogP contribution in [0.5, 0.6) is 5.75 Å². The number of rotatable bonds is 6. The molecule has 0 saturated heterocycles. The molecule has 0 aromatic heterocycles. The third kappa shape index (κ3) is 6.72. The average molecular weight is 476 g/mol. The summed E-state index contributed by atoms with van der Waals surface area (Å²) in [6.45, 7) is -1.77. The molecule has 0 fully saturated rings. The molecule has 4 nitrogen and oxygen atoms in total. The van der Waals surface area contributed by atoms with Crippen molar-refractivity contribution >= 4 is 51.6 Å². The van der Waals surface area contributed by atoms with Crippen molar-refractivity contribution in [1.82, 2.24) is 0 Å². The van der Waals surface area contributed by atoms with Gasteiger partial charge in [-0.3, -0.25) is 0 Å². The van der Waals surface area contributed by atoms with E-state index in [0.29, 0.717) is 0 Å². The van der Waals surface area contributed by atoms with Gasteiger partial charge in [-0.15, -0.1) is 0 Å². The third-order valence-electron chi connectivity index (χ3n) is 1.99. The fourth-order valence-electron chi connectivity index (χ4n) is 1.21. The smallest absolute Gasteiger partial charge is 0.411 e. The Bertz CT molecular complexity index is 584. The molecule has 0 radical (unpaired) electrons. The van der Waals surface area contributed by atoms with E-state index in [1.54, 1.807) is 0 Å². The van der Waals surface area contributed by atoms with Crippen LogP contribution in [0, 0.1) is 0 Å². The first-order valence-corrected chi connectivity index (χ1v) is 9.11. The predicted molar refractivity (Wildman–Crippen MR) is 77.2 cm³/mol. The summed E-state index contributed by atoms with van der Waals surface area (Å²) in [5, 5.41) is 0. The zero-order valence-corrected chi connectivity index (χ0v) is 14.8. The van der Waals surface area contributed by atoms with Crippen molar-refractivity contribution in [2.75, 3.05) is 19.8 Å². The van der Waals surface area contributed by atoms with Gasteiger partial charge in [0.2, 0.25) is 0 Å². The lowest BCUT2D eigenvalue weighted by Crippen LogP contribution is -2.19. The molecule has 0 spiro atoms. The summed E-state index contributed by atoms with van der Waals surface area (Å²) < 4.78 is 68.1. The van der Waals surface area contributed by atoms with Crippen LogP contribution < -0.4 is 4.74 Å². The first kappa shape index (κ1) is 19.0. The van der Waals surface area contributed by atoms with E-state index in [1.807, 2.05) is 0 Å². The molecule has 0 aliphatic carbocycles. The monoisotopic (exact) mass is 474 g/mol. The lowest BCUT2D eigenvalue weighted by atomic mass is 10.3. The molecule has 1 aromatic rings. The van der Waals surface area contributed by atoms with Crippen molar-refractivity contribution in [1.29, 1.82) is 0 Å². The van der Waals surface area contributed by atoms with Crippen molar-refractivity contribution < 1.29 is 31.1 Å². The Kier molecular flexibility index (Phi) is 6.79. The van der Waals surface area contributed by atoms with Crippen LogP contribution in [0.15, 0.2) is 26.0 Å². The molecule has 0 heterocycles. The topological polar surface area (TPSA) is 52.6 Å². The van der Waals surface area contributed by atoms with Gasteiger partial charge in [-0.2, -0.15) is 13.2 Å². The van der Waals surface area contributed by atoms with Crippen LogP contribution in [0.1, 0.15) is 0 Å². The molecular weight excluding hydrogens is 468 g/mol. The normalized spacial score (nSPS) is 12.5. The molecule has 1 rings (SSSR count). The maximum absolute atomic E-state index is 11.8. The number of alkyl halides is 3. The van der Waals surface area contributed by atoms with Crippen LogP contribution >= 0.6 is 42.5 Å². The maximum Gasteiger partial charge on any atom is 0.411 e. The highest BCUT2D eigenvalue weighted by Crippen LogP contribution is 2.36. The van der Waals surface area contributed by atoms with Gasteiger partial charge in [0, 0.05) is 10.7 Å². The van der Waals surface area contributed by atoms with Crippen molar-refractivity contribution in [2.24, 2.45) is 0 Å². The fraction of sp³-hybridized carbons (Fsp3) is 0.400. The molecule has 0 amide bonds. The molecule has 0 aliphatic rings. The molecule has 11 heteroatoms. The van der Waals surface area contributed by atoms with Crippen LogP contribution in [0.2, 0.25) is 0 Å². The van der Waals surface area contributed by atoms with Gasteiger partial charge in [0.15, 0.2) is 0 Å².